The number of fused-ring (bicyclic) bond motifs is 1. The van der Waals surface area contributed by atoms with Crippen LogP contribution in [0.15, 0.2) is 48.5 Å². The van der Waals surface area contributed by atoms with E-state index in [4.69, 9.17) is 4.84 Å². The molecule has 0 aliphatic carbocycles. The zero-order valence-corrected chi connectivity index (χ0v) is 17.5. The van der Waals surface area contributed by atoms with Gasteiger partial charge in [0, 0.05) is 36.5 Å². The molecule has 0 aliphatic rings. The van der Waals surface area contributed by atoms with Crippen LogP contribution >= 0.6 is 0 Å². The van der Waals surface area contributed by atoms with Gasteiger partial charge in [-0.1, -0.05) is 26.0 Å². The third kappa shape index (κ3) is 5.46. The maximum atomic E-state index is 12.4. The molecular formula is C22H26N4O5. The first-order chi connectivity index (χ1) is 14.9. The van der Waals surface area contributed by atoms with Crippen LogP contribution in [0.25, 0.3) is 10.8 Å². The number of benzene rings is 2. The van der Waals surface area contributed by atoms with Gasteiger partial charge in [-0.25, -0.2) is 4.79 Å². The Kier molecular flexibility index (Phi) is 6.99. The highest BCUT2D eigenvalue weighted by Crippen LogP contribution is 2.22. The van der Waals surface area contributed by atoms with E-state index < -0.39 is 17.9 Å². The van der Waals surface area contributed by atoms with E-state index in [1.54, 1.807) is 36.4 Å². The molecule has 1 heterocycles. The Balaban J connectivity index is 1.63. The summed E-state index contributed by atoms with van der Waals surface area (Å²) in [5.41, 5.74) is 1.02. The lowest BCUT2D eigenvalue weighted by atomic mass is 10.1. The van der Waals surface area contributed by atoms with Gasteiger partial charge in [-0.05, 0) is 48.1 Å². The number of rotatable bonds is 8. The average molecular weight is 426 g/mol. The second kappa shape index (κ2) is 9.86. The third-order valence-corrected chi connectivity index (χ3v) is 4.93. The summed E-state index contributed by atoms with van der Waals surface area (Å²) in [5, 5.41) is 26.2. The van der Waals surface area contributed by atoms with Crippen molar-refractivity contribution < 1.29 is 24.6 Å². The summed E-state index contributed by atoms with van der Waals surface area (Å²) < 4.78 is 0.599. The summed E-state index contributed by atoms with van der Waals surface area (Å²) in [7, 11) is 0. The molecule has 0 spiro atoms. The number of anilines is 1. The number of likely N-dealkylation sites (N-methyl/N-ethyl adjacent to an activating group) is 1. The molecule has 4 N–H and O–H groups in total. The number of aromatic hydroxyl groups is 2. The average Bonchev–Trinajstić information content (AvgIpc) is 3.08. The molecule has 3 rings (SSSR count). The van der Waals surface area contributed by atoms with Crippen molar-refractivity contribution in [1.82, 2.24) is 14.9 Å². The van der Waals surface area contributed by atoms with Crippen LogP contribution in [0.2, 0.25) is 0 Å². The molecule has 2 amide bonds. The van der Waals surface area contributed by atoms with Gasteiger partial charge in [0.05, 0.1) is 0 Å². The van der Waals surface area contributed by atoms with Gasteiger partial charge in [-0.2, -0.15) is 0 Å². The summed E-state index contributed by atoms with van der Waals surface area (Å²) in [6.45, 7) is 7.45. The van der Waals surface area contributed by atoms with Gasteiger partial charge in [-0.15, -0.1) is 4.73 Å². The van der Waals surface area contributed by atoms with Crippen LogP contribution in [-0.4, -0.2) is 58.0 Å². The minimum absolute atomic E-state index is 0.133. The van der Waals surface area contributed by atoms with Gasteiger partial charge in [0.15, 0.2) is 0 Å². The van der Waals surface area contributed by atoms with Gasteiger partial charge in [0.1, 0.15) is 0 Å². The first-order valence-electron chi connectivity index (χ1n) is 10.0. The molecule has 3 aromatic rings. The molecule has 164 valence electrons. The van der Waals surface area contributed by atoms with Crippen molar-refractivity contribution in [2.45, 2.75) is 13.8 Å². The van der Waals surface area contributed by atoms with E-state index in [1.165, 1.54) is 12.1 Å². The van der Waals surface area contributed by atoms with Crippen LogP contribution in [0, 0.1) is 0 Å². The van der Waals surface area contributed by atoms with Crippen LogP contribution in [-0.2, 0) is 0 Å². The molecule has 1 aromatic heterocycles. The smallest absolute Gasteiger partial charge is 0.436 e. The molecule has 0 unspecified atom stereocenters. The lowest BCUT2D eigenvalue weighted by Crippen LogP contribution is -2.34. The normalized spacial score (nSPS) is 10.9. The highest BCUT2D eigenvalue weighted by atomic mass is 16.7. The summed E-state index contributed by atoms with van der Waals surface area (Å²) in [6, 6.07) is 12.9. The first kappa shape index (κ1) is 22.0. The second-order valence-electron chi connectivity index (χ2n) is 6.91. The van der Waals surface area contributed by atoms with E-state index in [1.807, 2.05) is 0 Å². The highest BCUT2D eigenvalue weighted by Gasteiger charge is 2.13. The molecule has 0 bridgehead atoms. The number of carbonyl (C=O) groups excluding carboxylic acids is 2. The predicted octanol–water partition coefficient (Wildman–Crippen LogP) is 2.78. The Hall–Kier alpha value is -3.72. The quantitative estimate of drug-likeness (QED) is 0.440. The minimum atomic E-state index is -0.884. The molecule has 9 heteroatoms. The van der Waals surface area contributed by atoms with E-state index in [2.05, 4.69) is 29.4 Å². The summed E-state index contributed by atoms with van der Waals surface area (Å²) >= 11 is 0. The first-order valence-corrected chi connectivity index (χ1v) is 10.0. The molecule has 9 nitrogen and oxygen atoms in total. The van der Waals surface area contributed by atoms with E-state index in [0.717, 1.165) is 30.4 Å². The van der Waals surface area contributed by atoms with E-state index in [-0.39, 0.29) is 5.91 Å². The summed E-state index contributed by atoms with van der Waals surface area (Å²) in [5.74, 6) is -0.950. The van der Waals surface area contributed by atoms with Crippen molar-refractivity contribution in [1.29, 1.82) is 0 Å². The standard InChI is InChI=1S/C22H26N4O5/c1-3-25(4-2)12-11-23-21(29)17-6-5-16-14-18(8-7-15(16)13-17)24-22(30)31-26-19(27)9-10-20(26)28/h5-10,13-14,27-28H,3-4,11-12H2,1-2H3,(H,23,29)(H,24,30). The number of nitrogens with zero attached hydrogens (tertiary/aromatic N) is 2. The monoisotopic (exact) mass is 426 g/mol. The third-order valence-electron chi connectivity index (χ3n) is 4.93. The molecule has 0 saturated heterocycles. The van der Waals surface area contributed by atoms with Gasteiger partial charge in [0.25, 0.3) is 5.91 Å². The van der Waals surface area contributed by atoms with Crippen LogP contribution < -0.4 is 15.5 Å². The maximum Gasteiger partial charge on any atom is 0.436 e. The van der Waals surface area contributed by atoms with Crippen molar-refractivity contribution in [2.24, 2.45) is 0 Å². The van der Waals surface area contributed by atoms with Crippen molar-refractivity contribution in [3.63, 3.8) is 0 Å². The zero-order valence-electron chi connectivity index (χ0n) is 17.5. The SMILES string of the molecule is CCN(CC)CCNC(=O)c1ccc2cc(NC(=O)On3c(O)ccc3O)ccc2c1. The van der Waals surface area contributed by atoms with Crippen LogP contribution in [0.1, 0.15) is 24.2 Å². The number of hydrogen-bond donors (Lipinski definition) is 4. The Morgan fingerprint density at radius 2 is 1.61 bits per heavy atom. The van der Waals surface area contributed by atoms with E-state index in [9.17, 15) is 19.8 Å². The van der Waals surface area contributed by atoms with Crippen LogP contribution in [0.4, 0.5) is 10.5 Å². The largest absolute Gasteiger partial charge is 0.492 e. The van der Waals surface area contributed by atoms with Gasteiger partial charge in [-0.3, -0.25) is 10.1 Å². The Bertz CT molecular complexity index is 1060. The Morgan fingerprint density at radius 3 is 2.29 bits per heavy atom. The lowest BCUT2D eigenvalue weighted by Gasteiger charge is -2.18. The van der Waals surface area contributed by atoms with Crippen molar-refractivity contribution in [3.05, 3.63) is 54.1 Å². The second-order valence-corrected chi connectivity index (χ2v) is 6.91. The molecule has 0 saturated carbocycles. The lowest BCUT2D eigenvalue weighted by molar-refractivity contribution is 0.0949. The molecule has 0 fully saturated rings. The highest BCUT2D eigenvalue weighted by molar-refractivity contribution is 5.99. The van der Waals surface area contributed by atoms with E-state index in [0.29, 0.717) is 22.5 Å². The number of aromatic nitrogens is 1. The molecule has 0 aliphatic heterocycles. The van der Waals surface area contributed by atoms with Crippen molar-refractivity contribution in [2.75, 3.05) is 31.5 Å². The van der Waals surface area contributed by atoms with Gasteiger partial charge >= 0.3 is 6.09 Å². The molecule has 31 heavy (non-hydrogen) atoms. The number of nitrogens with one attached hydrogen (secondary N) is 2. The summed E-state index contributed by atoms with van der Waals surface area (Å²) in [6.07, 6.45) is -0.884. The molecule has 2 aromatic carbocycles. The fraction of sp³-hybridized carbons (Fsp3) is 0.273. The zero-order chi connectivity index (χ0) is 22.4. The number of carbonyl (C=O) groups is 2. The predicted molar refractivity (Wildman–Crippen MR) is 117 cm³/mol. The van der Waals surface area contributed by atoms with Crippen LogP contribution in [0.3, 0.4) is 0 Å². The fourth-order valence-corrected chi connectivity index (χ4v) is 3.15. The maximum absolute atomic E-state index is 12.4. The molecule has 0 radical (unpaired) electrons. The Morgan fingerprint density at radius 1 is 0.968 bits per heavy atom. The van der Waals surface area contributed by atoms with Crippen molar-refractivity contribution >= 4 is 28.5 Å². The molecular weight excluding hydrogens is 400 g/mol. The van der Waals surface area contributed by atoms with Crippen LogP contribution in [0.5, 0.6) is 11.8 Å². The van der Waals surface area contributed by atoms with Gasteiger partial charge in [0.2, 0.25) is 11.8 Å². The summed E-state index contributed by atoms with van der Waals surface area (Å²) in [4.78, 5) is 31.5. The van der Waals surface area contributed by atoms with Crippen molar-refractivity contribution in [3.8, 4) is 11.8 Å². The fourth-order valence-electron chi connectivity index (χ4n) is 3.15. The van der Waals surface area contributed by atoms with Gasteiger partial charge < -0.3 is 25.3 Å². The topological polar surface area (TPSA) is 116 Å². The number of hydrogen-bond acceptors (Lipinski definition) is 6. The molecule has 0 atom stereocenters. The number of amides is 2. The Labute approximate surface area is 179 Å². The minimum Gasteiger partial charge on any atom is -0.492 e. The van der Waals surface area contributed by atoms with E-state index >= 15 is 0 Å².